The number of nitrogens with zero attached hydrogens (tertiary/aromatic N) is 2. The number of likely N-dealkylation sites (N-methyl/N-ethyl adjacent to an activating group) is 1. The van der Waals surface area contributed by atoms with Crippen LogP contribution >= 0.6 is 35.3 Å². The number of nitrogens with one attached hydrogen (secondary N) is 1. The molecule has 0 bridgehead atoms. The molecule has 0 fully saturated rings. The molecule has 0 aliphatic heterocycles. The number of primary amides is 1. The van der Waals surface area contributed by atoms with E-state index in [0.29, 0.717) is 12.3 Å². The Kier molecular flexibility index (Phi) is 11.6. The molecule has 2 aromatic rings. The Labute approximate surface area is 188 Å². The molecule has 1 amide bonds. The summed E-state index contributed by atoms with van der Waals surface area (Å²) in [5.74, 6) is 1.09. The van der Waals surface area contributed by atoms with E-state index in [4.69, 9.17) is 15.5 Å². The summed E-state index contributed by atoms with van der Waals surface area (Å²) in [4.78, 5) is 19.0. The second-order valence-corrected chi connectivity index (χ2v) is 7.17. The van der Waals surface area contributed by atoms with Crippen molar-refractivity contribution >= 4 is 47.2 Å². The Morgan fingerprint density at radius 1 is 1.25 bits per heavy atom. The van der Waals surface area contributed by atoms with Gasteiger partial charge in [0.05, 0.1) is 0 Å². The summed E-state index contributed by atoms with van der Waals surface area (Å²) in [5, 5.41) is 5.46. The van der Waals surface area contributed by atoms with E-state index in [1.807, 2.05) is 24.3 Å². The lowest BCUT2D eigenvalue weighted by Crippen LogP contribution is -2.40. The second kappa shape index (κ2) is 13.4. The summed E-state index contributed by atoms with van der Waals surface area (Å²) in [7, 11) is 2.07. The van der Waals surface area contributed by atoms with E-state index in [1.54, 1.807) is 11.3 Å². The van der Waals surface area contributed by atoms with Gasteiger partial charge in [0.1, 0.15) is 5.75 Å². The van der Waals surface area contributed by atoms with Crippen molar-refractivity contribution in [3.63, 3.8) is 0 Å². The molecule has 154 valence electrons. The number of nitrogens with two attached hydrogens (primary N) is 1. The molecular weight excluding hydrogens is 487 g/mol. The van der Waals surface area contributed by atoms with E-state index in [1.165, 1.54) is 10.4 Å². The predicted octanol–water partition coefficient (Wildman–Crippen LogP) is 2.91. The molecule has 1 heterocycles. The summed E-state index contributed by atoms with van der Waals surface area (Å²) >= 11 is 1.79. The van der Waals surface area contributed by atoms with E-state index in [0.717, 1.165) is 31.9 Å². The van der Waals surface area contributed by atoms with Gasteiger partial charge < -0.3 is 20.7 Å². The number of rotatable bonds is 10. The molecule has 1 aromatic heterocycles. The molecule has 3 N–H and O–H groups in total. The smallest absolute Gasteiger partial charge is 0.255 e. The average Bonchev–Trinajstić information content (AvgIpc) is 3.18. The van der Waals surface area contributed by atoms with E-state index in [9.17, 15) is 4.79 Å². The molecule has 0 aliphatic rings. The van der Waals surface area contributed by atoms with Gasteiger partial charge in [0.15, 0.2) is 12.6 Å². The number of hydrogen-bond donors (Lipinski definition) is 2. The van der Waals surface area contributed by atoms with E-state index < -0.39 is 5.91 Å². The van der Waals surface area contributed by atoms with Crippen molar-refractivity contribution in [3.8, 4) is 5.75 Å². The second-order valence-electron chi connectivity index (χ2n) is 6.14. The van der Waals surface area contributed by atoms with Crippen LogP contribution in [0.3, 0.4) is 0 Å². The maximum Gasteiger partial charge on any atom is 0.255 e. The van der Waals surface area contributed by atoms with Crippen LogP contribution in [0.15, 0.2) is 46.8 Å². The van der Waals surface area contributed by atoms with Crippen LogP contribution in [0, 0.1) is 0 Å². The summed E-state index contributed by atoms with van der Waals surface area (Å²) in [6.07, 6.45) is 1.86. The van der Waals surface area contributed by atoms with Crippen LogP contribution in [0.2, 0.25) is 0 Å². The van der Waals surface area contributed by atoms with E-state index in [2.05, 4.69) is 41.7 Å². The fourth-order valence-electron chi connectivity index (χ4n) is 2.51. The maximum absolute atomic E-state index is 10.7. The first-order chi connectivity index (χ1) is 13.1. The fourth-order valence-corrected chi connectivity index (χ4v) is 3.20. The molecule has 0 saturated carbocycles. The summed E-state index contributed by atoms with van der Waals surface area (Å²) in [5.41, 5.74) is 6.24. The number of carbonyl (C=O) groups excluding carboxylic acids is 1. The van der Waals surface area contributed by atoms with Gasteiger partial charge in [0.25, 0.3) is 5.91 Å². The van der Waals surface area contributed by atoms with Crippen molar-refractivity contribution in [3.05, 3.63) is 52.2 Å². The Bertz CT molecular complexity index is 720. The SMILES string of the molecule is CCNC(=NCCc1ccc(OCC(N)=O)cc1)N(C)CCc1cccs1.I. The van der Waals surface area contributed by atoms with Gasteiger partial charge in [0, 0.05) is 31.6 Å². The lowest BCUT2D eigenvalue weighted by atomic mass is 10.1. The topological polar surface area (TPSA) is 80.0 Å². The number of guanidine groups is 1. The van der Waals surface area contributed by atoms with Gasteiger partial charge in [0.2, 0.25) is 0 Å². The molecule has 2 rings (SSSR count). The number of thiophene rings is 1. The molecule has 8 heteroatoms. The van der Waals surface area contributed by atoms with Gasteiger partial charge in [-0.15, -0.1) is 35.3 Å². The molecule has 0 spiro atoms. The van der Waals surface area contributed by atoms with Gasteiger partial charge >= 0.3 is 0 Å². The quantitative estimate of drug-likeness (QED) is 0.289. The molecule has 0 radical (unpaired) electrons. The number of hydrogen-bond acceptors (Lipinski definition) is 4. The van der Waals surface area contributed by atoms with Crippen molar-refractivity contribution in [1.29, 1.82) is 0 Å². The van der Waals surface area contributed by atoms with Gasteiger partial charge in [-0.3, -0.25) is 9.79 Å². The Morgan fingerprint density at radius 3 is 2.61 bits per heavy atom. The lowest BCUT2D eigenvalue weighted by molar-refractivity contribution is -0.119. The first kappa shape index (κ1) is 24.2. The largest absolute Gasteiger partial charge is 0.484 e. The van der Waals surface area contributed by atoms with Crippen LogP contribution in [-0.2, 0) is 17.6 Å². The highest BCUT2D eigenvalue weighted by Gasteiger charge is 2.06. The summed E-state index contributed by atoms with van der Waals surface area (Å²) < 4.78 is 5.27. The number of benzene rings is 1. The molecule has 0 unspecified atom stereocenters. The maximum atomic E-state index is 10.7. The number of aliphatic imine (C=N–C) groups is 1. The van der Waals surface area contributed by atoms with Gasteiger partial charge in [-0.2, -0.15) is 0 Å². The van der Waals surface area contributed by atoms with E-state index >= 15 is 0 Å². The van der Waals surface area contributed by atoms with Gasteiger partial charge in [-0.05, 0) is 48.9 Å². The Hall–Kier alpha value is -1.81. The fraction of sp³-hybridized carbons (Fsp3) is 0.400. The minimum absolute atomic E-state index is 0. The van der Waals surface area contributed by atoms with Crippen LogP contribution in [0.5, 0.6) is 5.75 Å². The van der Waals surface area contributed by atoms with E-state index in [-0.39, 0.29) is 30.6 Å². The molecule has 28 heavy (non-hydrogen) atoms. The average molecular weight is 516 g/mol. The Morgan fingerprint density at radius 2 is 2.00 bits per heavy atom. The van der Waals surface area contributed by atoms with Crippen molar-refractivity contribution in [2.75, 3.05) is 33.3 Å². The molecule has 0 aliphatic carbocycles. The van der Waals surface area contributed by atoms with Crippen molar-refractivity contribution in [2.45, 2.75) is 19.8 Å². The molecule has 6 nitrogen and oxygen atoms in total. The zero-order chi connectivity index (χ0) is 19.5. The van der Waals surface area contributed by atoms with Crippen LogP contribution in [0.4, 0.5) is 0 Å². The minimum Gasteiger partial charge on any atom is -0.484 e. The zero-order valence-electron chi connectivity index (χ0n) is 16.4. The minimum atomic E-state index is -0.479. The highest BCUT2D eigenvalue weighted by Crippen LogP contribution is 2.13. The monoisotopic (exact) mass is 516 g/mol. The number of carbonyl (C=O) groups is 1. The zero-order valence-corrected chi connectivity index (χ0v) is 19.5. The van der Waals surface area contributed by atoms with Gasteiger partial charge in [-0.1, -0.05) is 18.2 Å². The number of halogens is 1. The molecular formula is C20H29IN4O2S. The third kappa shape index (κ3) is 8.92. The summed E-state index contributed by atoms with van der Waals surface area (Å²) in [6, 6.07) is 11.9. The lowest BCUT2D eigenvalue weighted by Gasteiger charge is -2.21. The molecule has 1 aromatic carbocycles. The first-order valence-electron chi connectivity index (χ1n) is 9.10. The highest BCUT2D eigenvalue weighted by atomic mass is 127. The number of ether oxygens (including phenoxy) is 1. The third-order valence-corrected chi connectivity index (χ3v) is 4.87. The van der Waals surface area contributed by atoms with Crippen LogP contribution in [-0.4, -0.2) is 50.1 Å². The summed E-state index contributed by atoms with van der Waals surface area (Å²) in [6.45, 7) is 4.44. The molecule has 0 saturated heterocycles. The van der Waals surface area contributed by atoms with Gasteiger partial charge in [-0.25, -0.2) is 0 Å². The van der Waals surface area contributed by atoms with Crippen molar-refractivity contribution in [2.24, 2.45) is 10.7 Å². The van der Waals surface area contributed by atoms with Crippen molar-refractivity contribution < 1.29 is 9.53 Å². The van der Waals surface area contributed by atoms with Crippen LogP contribution < -0.4 is 15.8 Å². The normalized spacial score (nSPS) is 10.9. The van der Waals surface area contributed by atoms with Crippen LogP contribution in [0.25, 0.3) is 0 Å². The first-order valence-corrected chi connectivity index (χ1v) is 9.98. The predicted molar refractivity (Wildman–Crippen MR) is 127 cm³/mol. The third-order valence-electron chi connectivity index (χ3n) is 3.94. The number of amides is 1. The van der Waals surface area contributed by atoms with Crippen molar-refractivity contribution in [1.82, 2.24) is 10.2 Å². The molecule has 0 atom stereocenters. The standard InChI is InChI=1S/C20H28N4O2S.HI/c1-3-22-20(24(2)13-11-18-5-4-14-27-18)23-12-10-16-6-8-17(9-7-16)26-15-19(21)25;/h4-9,14H,3,10-13,15H2,1-2H3,(H2,21,25)(H,22,23);1H. The Balaban J connectivity index is 0.00000392. The highest BCUT2D eigenvalue weighted by molar-refractivity contribution is 14.0. The van der Waals surface area contributed by atoms with Crippen LogP contribution in [0.1, 0.15) is 17.4 Å².